The van der Waals surface area contributed by atoms with Gasteiger partial charge in [0, 0.05) is 16.1 Å². The van der Waals surface area contributed by atoms with Crippen LogP contribution in [0, 0.1) is 0 Å². The van der Waals surface area contributed by atoms with E-state index in [0.717, 1.165) is 0 Å². The van der Waals surface area contributed by atoms with Crippen molar-refractivity contribution in [3.63, 3.8) is 0 Å². The Labute approximate surface area is 82.7 Å². The molecular formula is C6H8ClN3O2S. The zero-order valence-corrected chi connectivity index (χ0v) is 8.43. The van der Waals surface area contributed by atoms with Gasteiger partial charge in [-0.1, -0.05) is 4.53 Å². The van der Waals surface area contributed by atoms with E-state index >= 15 is 0 Å². The lowest BCUT2D eigenvalue weighted by Gasteiger charge is -1.91. The van der Waals surface area contributed by atoms with Gasteiger partial charge >= 0.3 is 0 Å². The van der Waals surface area contributed by atoms with Crippen LogP contribution in [0.15, 0.2) is 20.6 Å². The molecule has 1 atom stereocenters. The molecule has 0 bridgehead atoms. The van der Waals surface area contributed by atoms with Crippen molar-refractivity contribution in [1.29, 1.82) is 0 Å². The third-order valence-corrected chi connectivity index (χ3v) is 2.65. The van der Waals surface area contributed by atoms with Crippen molar-refractivity contribution < 1.29 is 9.63 Å². The summed E-state index contributed by atoms with van der Waals surface area (Å²) in [6.45, 7) is 0. The molecule has 1 aliphatic rings. The molecule has 1 unspecified atom stereocenters. The minimum absolute atomic E-state index is 0.0744. The van der Waals surface area contributed by atoms with Gasteiger partial charge < -0.3 is 5.73 Å². The minimum Gasteiger partial charge on any atom is -0.377 e. The van der Waals surface area contributed by atoms with Crippen molar-refractivity contribution in [2.24, 2.45) is 15.3 Å². The van der Waals surface area contributed by atoms with E-state index in [1.807, 2.05) is 0 Å². The summed E-state index contributed by atoms with van der Waals surface area (Å²) in [4.78, 5) is 19.0. The van der Waals surface area contributed by atoms with E-state index in [9.17, 15) is 4.79 Å². The van der Waals surface area contributed by atoms with Crippen LogP contribution < -0.4 is 5.73 Å². The normalized spacial score (nSPS) is 21.5. The Bertz CT molecular complexity index is 324. The fourth-order valence-corrected chi connectivity index (χ4v) is 1.91. The number of carbonyl (C=O) groups excluding carboxylic acids is 1. The van der Waals surface area contributed by atoms with Gasteiger partial charge in [-0.2, -0.15) is 0 Å². The molecule has 0 amide bonds. The van der Waals surface area contributed by atoms with Crippen LogP contribution in [0.3, 0.4) is 0 Å². The summed E-state index contributed by atoms with van der Waals surface area (Å²) in [5.41, 5.74) is 6.06. The lowest BCUT2D eigenvalue weighted by atomic mass is 10.4. The van der Waals surface area contributed by atoms with Crippen LogP contribution in [0.5, 0.6) is 0 Å². The monoisotopic (exact) mass is 221 g/mol. The number of carbonyl (C=O) groups is 1. The fourth-order valence-electron chi connectivity index (χ4n) is 0.767. The molecule has 2 N–H and O–H groups in total. The van der Waals surface area contributed by atoms with Gasteiger partial charge in [0.1, 0.15) is 0 Å². The summed E-state index contributed by atoms with van der Waals surface area (Å²) in [7, 11) is 0.768. The van der Waals surface area contributed by atoms with Crippen LogP contribution in [-0.2, 0) is 20.3 Å². The van der Waals surface area contributed by atoms with Crippen LogP contribution in [-0.4, -0.2) is 17.5 Å². The molecule has 72 valence electrons. The van der Waals surface area contributed by atoms with E-state index in [0.29, 0.717) is 10.9 Å². The fraction of sp³-hybridized carbons (Fsp3) is 0.333. The number of hydrogen-bond acceptors (Lipinski definition) is 5. The van der Waals surface area contributed by atoms with Crippen LogP contribution >= 0.6 is 11.6 Å². The van der Waals surface area contributed by atoms with Crippen molar-refractivity contribution in [3.05, 3.63) is 11.1 Å². The maximum absolute atomic E-state index is 10.5. The Balaban J connectivity index is 2.77. The first-order chi connectivity index (χ1) is 6.13. The molecule has 0 saturated heterocycles. The highest BCUT2D eigenvalue weighted by Crippen LogP contribution is 2.15. The van der Waals surface area contributed by atoms with Crippen molar-refractivity contribution in [1.82, 2.24) is 0 Å². The van der Waals surface area contributed by atoms with Crippen LogP contribution in [0.25, 0.3) is 0 Å². The molecule has 13 heavy (non-hydrogen) atoms. The first kappa shape index (κ1) is 10.4. The van der Waals surface area contributed by atoms with E-state index in [-0.39, 0.29) is 6.42 Å². The average molecular weight is 222 g/mol. The topological polar surface area (TPSA) is 77.0 Å². The largest absolute Gasteiger partial charge is 0.377 e. The van der Waals surface area contributed by atoms with Gasteiger partial charge in [0.15, 0.2) is 5.17 Å². The molecule has 0 aromatic rings. The Hall–Kier alpha value is -0.720. The molecule has 0 fully saturated rings. The number of rotatable bonds is 3. The summed E-state index contributed by atoms with van der Waals surface area (Å²) < 4.78 is 3.70. The van der Waals surface area contributed by atoms with E-state index in [2.05, 4.69) is 14.4 Å². The van der Waals surface area contributed by atoms with Crippen molar-refractivity contribution in [2.45, 2.75) is 6.42 Å². The smallest absolute Gasteiger partial charge is 0.227 e. The number of amidine groups is 1. The minimum atomic E-state index is -0.661. The Morgan fingerprint density at radius 3 is 3.15 bits per heavy atom. The Kier molecular flexibility index (Phi) is 3.58. The van der Waals surface area contributed by atoms with E-state index in [1.54, 1.807) is 5.41 Å². The third-order valence-electron chi connectivity index (χ3n) is 1.19. The second kappa shape index (κ2) is 4.50. The molecule has 0 aromatic carbocycles. The van der Waals surface area contributed by atoms with Crippen molar-refractivity contribution >= 4 is 32.7 Å². The van der Waals surface area contributed by atoms with Crippen LogP contribution in [0.1, 0.15) is 6.42 Å². The molecule has 0 aliphatic carbocycles. The summed E-state index contributed by atoms with van der Waals surface area (Å²) >= 11 is 5.18. The van der Waals surface area contributed by atoms with E-state index < -0.39 is 15.9 Å². The summed E-state index contributed by atoms with van der Waals surface area (Å²) in [5, 5.41) is 1.54. The molecule has 1 heterocycles. The number of aliphatic imine (C=N–C) groups is 1. The molecule has 0 saturated carbocycles. The lowest BCUT2D eigenvalue weighted by molar-refractivity contribution is -0.111. The zero-order chi connectivity index (χ0) is 9.84. The van der Waals surface area contributed by atoms with Crippen molar-refractivity contribution in [3.8, 4) is 0 Å². The molecule has 0 radical (unpaired) electrons. The molecule has 7 heteroatoms. The molecule has 5 nitrogen and oxygen atoms in total. The maximum atomic E-state index is 10.5. The molecule has 1 aliphatic heterocycles. The number of nitrogens with two attached hydrogens (primary N) is 1. The first-order valence-electron chi connectivity index (χ1n) is 3.34. The predicted molar refractivity (Wildman–Crippen MR) is 52.0 cm³/mol. The molecule has 0 aromatic heterocycles. The highest BCUT2D eigenvalue weighted by Gasteiger charge is 2.13. The SMILES string of the molecule is CO/N=S1/C=C(CC(=O)Cl)N=C1N. The van der Waals surface area contributed by atoms with Gasteiger partial charge in [0.05, 0.1) is 19.2 Å². The summed E-state index contributed by atoms with van der Waals surface area (Å²) in [6, 6.07) is 0. The van der Waals surface area contributed by atoms with Gasteiger partial charge in [-0.25, -0.2) is 9.83 Å². The lowest BCUT2D eigenvalue weighted by Crippen LogP contribution is -2.13. The number of hydrogen-bond donors (Lipinski definition) is 1. The van der Waals surface area contributed by atoms with Crippen LogP contribution in [0.2, 0.25) is 0 Å². The predicted octanol–water partition coefficient (Wildman–Crippen LogP) is 0.675. The van der Waals surface area contributed by atoms with Gasteiger partial charge in [0.2, 0.25) is 5.24 Å². The number of allylic oxidation sites excluding steroid dienone is 1. The van der Waals surface area contributed by atoms with Gasteiger partial charge in [-0.3, -0.25) is 4.79 Å². The third kappa shape index (κ3) is 2.91. The zero-order valence-electron chi connectivity index (χ0n) is 6.86. The Morgan fingerprint density at radius 1 is 1.92 bits per heavy atom. The first-order valence-corrected chi connectivity index (χ1v) is 4.96. The standard InChI is InChI=1S/C6H8ClN3O2S/c1-12-10-13-3-4(2-5(7)11)9-6(13)8/h3H,2H2,1H3,(H2,8,9). The number of halogens is 1. The molecule has 1 rings (SSSR count). The van der Waals surface area contributed by atoms with Crippen LogP contribution in [0.4, 0.5) is 0 Å². The van der Waals surface area contributed by atoms with Gasteiger partial charge in [0.25, 0.3) is 0 Å². The quantitative estimate of drug-likeness (QED) is 0.562. The highest BCUT2D eigenvalue weighted by molar-refractivity contribution is 8.05. The summed E-state index contributed by atoms with van der Waals surface area (Å²) in [6.07, 6.45) is 0.0744. The second-order valence-electron chi connectivity index (χ2n) is 2.16. The molecular weight excluding hydrogens is 214 g/mol. The second-order valence-corrected chi connectivity index (χ2v) is 4.02. The number of nitrogens with zero attached hydrogens (tertiary/aromatic N) is 2. The average Bonchev–Trinajstić information content (AvgIpc) is 2.31. The Morgan fingerprint density at radius 2 is 2.62 bits per heavy atom. The van der Waals surface area contributed by atoms with E-state index in [4.69, 9.17) is 17.3 Å². The van der Waals surface area contributed by atoms with Crippen molar-refractivity contribution in [2.75, 3.05) is 7.11 Å². The van der Waals surface area contributed by atoms with Gasteiger partial charge in [-0.05, 0) is 11.6 Å². The van der Waals surface area contributed by atoms with E-state index in [1.165, 1.54) is 7.11 Å². The highest BCUT2D eigenvalue weighted by atomic mass is 35.5. The molecule has 0 spiro atoms. The van der Waals surface area contributed by atoms with Gasteiger partial charge in [-0.15, -0.1) is 0 Å². The maximum Gasteiger partial charge on any atom is 0.227 e. The summed E-state index contributed by atoms with van der Waals surface area (Å²) in [5.74, 6) is 0.